The topological polar surface area (TPSA) is 12.0 Å². The Labute approximate surface area is 105 Å². The maximum absolute atomic E-state index is 5.88. The van der Waals surface area contributed by atoms with Crippen LogP contribution in [0, 0.1) is 0 Å². The van der Waals surface area contributed by atoms with Crippen LogP contribution in [0.25, 0.3) is 0 Å². The van der Waals surface area contributed by atoms with E-state index >= 15 is 0 Å². The maximum atomic E-state index is 5.88. The first kappa shape index (κ1) is 11.6. The molecule has 0 saturated heterocycles. The third kappa shape index (κ3) is 2.85. The van der Waals surface area contributed by atoms with Crippen LogP contribution in [0.4, 0.5) is 0 Å². The lowest BCUT2D eigenvalue weighted by Gasteiger charge is -2.16. The maximum Gasteiger partial charge on any atom is 0.0406 e. The molecule has 0 radical (unpaired) electrons. The molecule has 2 aromatic rings. The first-order valence-electron chi connectivity index (χ1n) is 5.23. The Morgan fingerprint density at radius 2 is 2.00 bits per heavy atom. The highest BCUT2D eigenvalue weighted by molar-refractivity contribution is 7.07. The van der Waals surface area contributed by atoms with Gasteiger partial charge in [0.2, 0.25) is 0 Å². The van der Waals surface area contributed by atoms with E-state index in [4.69, 9.17) is 11.6 Å². The first-order chi connectivity index (χ1) is 7.79. The number of nitrogens with one attached hydrogen (secondary N) is 1. The molecule has 3 heteroatoms. The molecule has 0 aliphatic carbocycles. The quantitative estimate of drug-likeness (QED) is 0.869. The van der Waals surface area contributed by atoms with Gasteiger partial charge in [-0.1, -0.05) is 23.7 Å². The van der Waals surface area contributed by atoms with E-state index in [0.717, 1.165) is 11.4 Å². The van der Waals surface area contributed by atoms with Crippen molar-refractivity contribution in [2.75, 3.05) is 7.05 Å². The van der Waals surface area contributed by atoms with Crippen LogP contribution in [0.2, 0.25) is 5.02 Å². The molecule has 0 amide bonds. The molecule has 0 aliphatic heterocycles. The number of likely N-dealkylation sites (N-methyl/N-ethyl adjacent to an activating group) is 1. The van der Waals surface area contributed by atoms with Gasteiger partial charge in [-0.15, -0.1) is 0 Å². The van der Waals surface area contributed by atoms with E-state index in [1.54, 1.807) is 11.3 Å². The molecule has 0 spiro atoms. The van der Waals surface area contributed by atoms with Crippen molar-refractivity contribution in [3.05, 3.63) is 57.2 Å². The summed E-state index contributed by atoms with van der Waals surface area (Å²) in [6, 6.07) is 10.6. The number of thiophene rings is 1. The Balaban J connectivity index is 2.13. The lowest BCUT2D eigenvalue weighted by molar-refractivity contribution is 0.593. The van der Waals surface area contributed by atoms with Gasteiger partial charge in [-0.05, 0) is 53.6 Å². The lowest BCUT2D eigenvalue weighted by Crippen LogP contribution is -2.18. The summed E-state index contributed by atoms with van der Waals surface area (Å²) in [6.07, 6.45) is 1.02. The Hall–Kier alpha value is -0.830. The van der Waals surface area contributed by atoms with E-state index in [2.05, 4.69) is 34.3 Å². The molecule has 1 aromatic heterocycles. The van der Waals surface area contributed by atoms with Gasteiger partial charge in [-0.25, -0.2) is 0 Å². The highest BCUT2D eigenvalue weighted by Gasteiger charge is 2.09. The van der Waals surface area contributed by atoms with Crippen molar-refractivity contribution >= 4 is 22.9 Å². The zero-order chi connectivity index (χ0) is 11.4. The van der Waals surface area contributed by atoms with Crippen LogP contribution in [-0.2, 0) is 6.42 Å². The molecule has 0 saturated carbocycles. The Bertz CT molecular complexity index is 422. The third-order valence-electron chi connectivity index (χ3n) is 2.64. The SMILES string of the molecule is CNC(Cc1ccsc1)c1ccc(Cl)cc1. The Morgan fingerprint density at radius 1 is 1.25 bits per heavy atom. The summed E-state index contributed by atoms with van der Waals surface area (Å²) in [5.74, 6) is 0. The average molecular weight is 252 g/mol. The predicted octanol–water partition coefficient (Wildman–Crippen LogP) is 3.90. The highest BCUT2D eigenvalue weighted by atomic mass is 35.5. The van der Waals surface area contributed by atoms with Crippen LogP contribution in [0.15, 0.2) is 41.1 Å². The fourth-order valence-electron chi connectivity index (χ4n) is 1.73. The number of benzene rings is 1. The number of hydrogen-bond acceptors (Lipinski definition) is 2. The van der Waals surface area contributed by atoms with Gasteiger partial charge in [0.1, 0.15) is 0 Å². The fraction of sp³-hybridized carbons (Fsp3) is 0.231. The second-order valence-electron chi connectivity index (χ2n) is 3.73. The van der Waals surface area contributed by atoms with Crippen LogP contribution in [0.1, 0.15) is 17.2 Å². The molecule has 84 valence electrons. The minimum absolute atomic E-state index is 0.354. The van der Waals surface area contributed by atoms with E-state index in [-0.39, 0.29) is 0 Å². The van der Waals surface area contributed by atoms with Crippen LogP contribution < -0.4 is 5.32 Å². The molecule has 0 aliphatic rings. The normalized spacial score (nSPS) is 12.6. The molecule has 2 rings (SSSR count). The largest absolute Gasteiger partial charge is 0.313 e. The van der Waals surface area contributed by atoms with Crippen molar-refractivity contribution in [1.29, 1.82) is 0 Å². The number of hydrogen-bond donors (Lipinski definition) is 1. The fourth-order valence-corrected chi connectivity index (χ4v) is 2.53. The monoisotopic (exact) mass is 251 g/mol. The van der Waals surface area contributed by atoms with Crippen molar-refractivity contribution in [2.45, 2.75) is 12.5 Å². The summed E-state index contributed by atoms with van der Waals surface area (Å²) >= 11 is 7.62. The van der Waals surface area contributed by atoms with Crippen LogP contribution in [0.5, 0.6) is 0 Å². The van der Waals surface area contributed by atoms with Gasteiger partial charge in [-0.3, -0.25) is 0 Å². The zero-order valence-electron chi connectivity index (χ0n) is 9.11. The van der Waals surface area contributed by atoms with Gasteiger partial charge in [0.25, 0.3) is 0 Å². The molecule has 1 N–H and O–H groups in total. The van der Waals surface area contributed by atoms with Gasteiger partial charge in [0.05, 0.1) is 0 Å². The first-order valence-corrected chi connectivity index (χ1v) is 6.55. The summed E-state index contributed by atoms with van der Waals surface area (Å²) in [5, 5.41) is 8.43. The molecular weight excluding hydrogens is 238 g/mol. The van der Waals surface area contributed by atoms with Gasteiger partial charge < -0.3 is 5.32 Å². The van der Waals surface area contributed by atoms with Crippen LogP contribution in [-0.4, -0.2) is 7.05 Å². The van der Waals surface area contributed by atoms with E-state index in [0.29, 0.717) is 6.04 Å². The number of rotatable bonds is 4. The summed E-state index contributed by atoms with van der Waals surface area (Å²) in [5.41, 5.74) is 2.65. The van der Waals surface area contributed by atoms with Gasteiger partial charge in [0.15, 0.2) is 0 Å². The molecule has 0 fully saturated rings. The van der Waals surface area contributed by atoms with Crippen LogP contribution in [0.3, 0.4) is 0 Å². The second-order valence-corrected chi connectivity index (χ2v) is 4.95. The molecule has 1 heterocycles. The van der Waals surface area contributed by atoms with Crippen molar-refractivity contribution in [1.82, 2.24) is 5.32 Å². The summed E-state index contributed by atoms with van der Waals surface area (Å²) < 4.78 is 0. The van der Waals surface area contributed by atoms with Crippen LogP contribution >= 0.6 is 22.9 Å². The summed E-state index contributed by atoms with van der Waals surface area (Å²) in [7, 11) is 1.99. The van der Waals surface area contributed by atoms with Crippen molar-refractivity contribution in [2.24, 2.45) is 0 Å². The number of halogens is 1. The average Bonchev–Trinajstić information content (AvgIpc) is 2.80. The molecule has 0 bridgehead atoms. The third-order valence-corrected chi connectivity index (χ3v) is 3.62. The Kier molecular flexibility index (Phi) is 3.99. The van der Waals surface area contributed by atoms with E-state index in [9.17, 15) is 0 Å². The summed E-state index contributed by atoms with van der Waals surface area (Å²) in [4.78, 5) is 0. The molecule has 1 unspecified atom stereocenters. The van der Waals surface area contributed by atoms with Crippen molar-refractivity contribution in [3.63, 3.8) is 0 Å². The van der Waals surface area contributed by atoms with E-state index < -0.39 is 0 Å². The van der Waals surface area contributed by atoms with Gasteiger partial charge in [0, 0.05) is 11.1 Å². The smallest absolute Gasteiger partial charge is 0.0406 e. The van der Waals surface area contributed by atoms with E-state index in [1.807, 2.05) is 19.2 Å². The molecule has 16 heavy (non-hydrogen) atoms. The standard InChI is InChI=1S/C13H14ClNS/c1-15-13(8-10-6-7-16-9-10)11-2-4-12(14)5-3-11/h2-7,9,13,15H,8H2,1H3. The van der Waals surface area contributed by atoms with E-state index in [1.165, 1.54) is 11.1 Å². The molecule has 1 atom stereocenters. The van der Waals surface area contributed by atoms with Crippen molar-refractivity contribution < 1.29 is 0 Å². The van der Waals surface area contributed by atoms with Gasteiger partial charge in [-0.2, -0.15) is 11.3 Å². The molecular formula is C13H14ClNS. The van der Waals surface area contributed by atoms with Gasteiger partial charge >= 0.3 is 0 Å². The lowest BCUT2D eigenvalue weighted by atomic mass is 10.0. The predicted molar refractivity (Wildman–Crippen MR) is 71.3 cm³/mol. The highest BCUT2D eigenvalue weighted by Crippen LogP contribution is 2.21. The Morgan fingerprint density at radius 3 is 2.56 bits per heavy atom. The minimum Gasteiger partial charge on any atom is -0.313 e. The second kappa shape index (κ2) is 5.48. The molecule has 1 nitrogen and oxygen atoms in total. The summed E-state index contributed by atoms with van der Waals surface area (Å²) in [6.45, 7) is 0. The minimum atomic E-state index is 0.354. The zero-order valence-corrected chi connectivity index (χ0v) is 10.7. The molecule has 1 aromatic carbocycles. The van der Waals surface area contributed by atoms with Crippen molar-refractivity contribution in [3.8, 4) is 0 Å².